The van der Waals surface area contributed by atoms with Crippen LogP contribution in [0.5, 0.6) is 0 Å². The maximum Gasteiger partial charge on any atom is 1.00 e. The first kappa shape index (κ1) is 36.1. The van der Waals surface area contributed by atoms with Crippen LogP contribution in [0.1, 0.15) is 51.7 Å². The third kappa shape index (κ3) is 25.6. The van der Waals surface area contributed by atoms with Crippen LogP contribution in [0.4, 0.5) is 0 Å². The summed E-state index contributed by atoms with van der Waals surface area (Å²) in [4.78, 5) is 9.63. The molecule has 0 fully saturated rings. The molecule has 4 heteroatoms. The molecule has 0 aliphatic carbocycles. The number of carbonyl (C=O) groups excluding carboxylic acids is 1. The van der Waals surface area contributed by atoms with Crippen molar-refractivity contribution >= 4 is 6.47 Å². The van der Waals surface area contributed by atoms with Crippen molar-refractivity contribution in [3.8, 4) is 0 Å². The third-order valence-corrected chi connectivity index (χ3v) is 3.28. The average molecular weight is 472 g/mol. The largest absolute Gasteiger partial charge is 1.00 e. The molecule has 160 valence electrons. The van der Waals surface area contributed by atoms with Gasteiger partial charge in [-0.2, -0.15) is 42.3 Å². The van der Waals surface area contributed by atoms with Crippen molar-refractivity contribution in [2.24, 2.45) is 5.41 Å². The molecule has 29 heavy (non-hydrogen) atoms. The van der Waals surface area contributed by atoms with E-state index >= 15 is 0 Å². The Labute approximate surface area is 229 Å². The zero-order valence-electron chi connectivity index (χ0n) is 19.5. The monoisotopic (exact) mass is 471 g/mol. The number of rotatable bonds is 6. The molecule has 2 aromatic carbocycles. The smallest absolute Gasteiger partial charge is 0.650 e. The molecule has 2 rings (SSSR count). The van der Waals surface area contributed by atoms with E-state index in [1.54, 1.807) is 0 Å². The Morgan fingerprint density at radius 2 is 1.72 bits per heavy atom. The second-order valence-corrected chi connectivity index (χ2v) is 6.36. The van der Waals surface area contributed by atoms with Gasteiger partial charge < -0.3 is 29.0 Å². The first-order valence-corrected chi connectivity index (χ1v) is 9.31. The van der Waals surface area contributed by atoms with Gasteiger partial charge in [-0.15, -0.1) is 0 Å². The number of ether oxygens (including phenoxy) is 1. The SMILES string of the molecule is CC.Cc1c[c-]ccc1.O=[C-]OCc1ccccc1.[CH2-]CCC(C)(C)CO.[CH3-].[Rb+]. The summed E-state index contributed by atoms with van der Waals surface area (Å²) in [5, 5.41) is 8.70. The fourth-order valence-corrected chi connectivity index (χ4v) is 1.73. The summed E-state index contributed by atoms with van der Waals surface area (Å²) in [6.07, 6.45) is 1.91. The van der Waals surface area contributed by atoms with E-state index in [-0.39, 0.29) is 77.6 Å². The molecule has 0 atom stereocenters. The van der Waals surface area contributed by atoms with Gasteiger partial charge in [-0.3, -0.25) is 0 Å². The van der Waals surface area contributed by atoms with Crippen molar-refractivity contribution in [3.63, 3.8) is 0 Å². The summed E-state index contributed by atoms with van der Waals surface area (Å²) < 4.78 is 4.41. The molecule has 0 aliphatic rings. The summed E-state index contributed by atoms with van der Waals surface area (Å²) in [5.74, 6) is 0. The standard InChI is InChI=1S/C8H7O2.C7H15O.C7H7.C2H6.CH3.Rb/c9-7-10-6-8-4-2-1-3-5-8;1-4-5-7(2,3)6-8;1-7-5-3-2-4-6-7;1-2;;/h1-5H,6H2;8H,1,4-6H2,2-3H3;2-3,5-6H,1H3;1-2H3;1H3;/q3*-1;;-1;+1. The summed E-state index contributed by atoms with van der Waals surface area (Å²) in [6, 6.07) is 20.3. The van der Waals surface area contributed by atoms with E-state index in [0.717, 1.165) is 18.4 Å². The van der Waals surface area contributed by atoms with E-state index in [2.05, 4.69) is 30.7 Å². The Hall–Kier alpha value is -0.325. The van der Waals surface area contributed by atoms with Crippen molar-refractivity contribution in [2.45, 2.75) is 54.1 Å². The molecule has 0 aliphatic heterocycles. The van der Waals surface area contributed by atoms with Crippen LogP contribution in [-0.2, 0) is 16.1 Å². The number of hydrogen-bond donors (Lipinski definition) is 1. The zero-order chi connectivity index (χ0) is 21.0. The normalized spacial score (nSPS) is 8.66. The van der Waals surface area contributed by atoms with E-state index in [1.807, 2.05) is 76.2 Å². The number of benzene rings is 2. The zero-order valence-corrected chi connectivity index (χ0v) is 24.4. The second-order valence-electron chi connectivity index (χ2n) is 6.36. The quantitative estimate of drug-likeness (QED) is 0.658. The summed E-state index contributed by atoms with van der Waals surface area (Å²) in [6.45, 7) is 15.8. The van der Waals surface area contributed by atoms with Gasteiger partial charge in [0.25, 0.3) is 0 Å². The molecular formula is C25H38O3Rb-3. The number of aliphatic hydroxyl groups is 1. The predicted molar refractivity (Wildman–Crippen MR) is 120 cm³/mol. The fraction of sp³-hybridized carbons (Fsp3) is 0.400. The molecule has 2 aromatic rings. The Morgan fingerprint density at radius 3 is 2.03 bits per heavy atom. The molecule has 0 spiro atoms. The molecule has 0 unspecified atom stereocenters. The van der Waals surface area contributed by atoms with Crippen LogP contribution in [-0.4, -0.2) is 18.2 Å². The minimum atomic E-state index is 0. The van der Waals surface area contributed by atoms with Gasteiger partial charge >= 0.3 is 58.2 Å². The molecule has 0 saturated heterocycles. The van der Waals surface area contributed by atoms with Gasteiger partial charge in [0, 0.05) is 6.61 Å². The van der Waals surface area contributed by atoms with E-state index in [4.69, 9.17) is 5.11 Å². The van der Waals surface area contributed by atoms with E-state index in [9.17, 15) is 4.79 Å². The van der Waals surface area contributed by atoms with Crippen LogP contribution < -0.4 is 58.2 Å². The molecule has 1 N–H and O–H groups in total. The van der Waals surface area contributed by atoms with E-state index in [1.165, 1.54) is 12.0 Å². The van der Waals surface area contributed by atoms with Crippen LogP contribution in [0.15, 0.2) is 54.6 Å². The van der Waals surface area contributed by atoms with Gasteiger partial charge in [0.2, 0.25) is 0 Å². The molecule has 0 bridgehead atoms. The molecular weight excluding hydrogens is 434 g/mol. The van der Waals surface area contributed by atoms with Crippen molar-refractivity contribution in [1.82, 2.24) is 0 Å². The maximum atomic E-state index is 9.63. The number of hydrogen-bond acceptors (Lipinski definition) is 3. The van der Waals surface area contributed by atoms with Gasteiger partial charge in [0.15, 0.2) is 0 Å². The van der Waals surface area contributed by atoms with Crippen molar-refractivity contribution in [1.29, 1.82) is 0 Å². The van der Waals surface area contributed by atoms with Crippen LogP contribution in [0.3, 0.4) is 0 Å². The van der Waals surface area contributed by atoms with Crippen molar-refractivity contribution < 1.29 is 72.8 Å². The van der Waals surface area contributed by atoms with Gasteiger partial charge in [-0.05, 0) is 11.0 Å². The van der Waals surface area contributed by atoms with Crippen LogP contribution >= 0.6 is 0 Å². The Balaban J connectivity index is -0.000000152. The third-order valence-electron chi connectivity index (χ3n) is 3.28. The molecule has 3 nitrogen and oxygen atoms in total. The minimum Gasteiger partial charge on any atom is -0.650 e. The van der Waals surface area contributed by atoms with E-state index in [0.29, 0.717) is 6.61 Å². The second kappa shape index (κ2) is 25.7. The Morgan fingerprint density at radius 1 is 1.14 bits per heavy atom. The summed E-state index contributed by atoms with van der Waals surface area (Å²) in [5.41, 5.74) is 2.33. The number of aryl methyl sites for hydroxylation is 1. The van der Waals surface area contributed by atoms with Crippen LogP contribution in [0.2, 0.25) is 0 Å². The number of aliphatic hydroxyl groups excluding tert-OH is 1. The van der Waals surface area contributed by atoms with Crippen LogP contribution in [0, 0.1) is 32.8 Å². The van der Waals surface area contributed by atoms with Gasteiger partial charge in [-0.25, -0.2) is 0 Å². The minimum absolute atomic E-state index is 0. The Bertz CT molecular complexity index is 543. The maximum absolute atomic E-state index is 9.63. The van der Waals surface area contributed by atoms with E-state index < -0.39 is 0 Å². The first-order chi connectivity index (χ1) is 12.9. The van der Waals surface area contributed by atoms with Crippen LogP contribution in [0.25, 0.3) is 0 Å². The van der Waals surface area contributed by atoms with Gasteiger partial charge in [0.05, 0.1) is 6.61 Å². The van der Waals surface area contributed by atoms with Gasteiger partial charge in [0.1, 0.15) is 0 Å². The summed E-state index contributed by atoms with van der Waals surface area (Å²) in [7, 11) is 0. The van der Waals surface area contributed by atoms with Crippen molar-refractivity contribution in [2.75, 3.05) is 6.61 Å². The molecule has 0 amide bonds. The predicted octanol–water partition coefficient (Wildman–Crippen LogP) is 3.17. The van der Waals surface area contributed by atoms with Crippen molar-refractivity contribution in [3.05, 3.63) is 86.1 Å². The molecule has 0 aromatic heterocycles. The molecule has 0 saturated carbocycles. The Kier molecular flexibility index (Phi) is 32.0. The van der Waals surface area contributed by atoms with Gasteiger partial charge in [-0.1, -0.05) is 77.8 Å². The first-order valence-electron chi connectivity index (χ1n) is 9.31. The average Bonchev–Trinajstić information content (AvgIpc) is 2.70. The molecule has 0 heterocycles. The fourth-order valence-electron chi connectivity index (χ4n) is 1.73. The topological polar surface area (TPSA) is 46.5 Å². The summed E-state index contributed by atoms with van der Waals surface area (Å²) >= 11 is 0. The molecule has 0 radical (unpaired) electrons.